The second kappa shape index (κ2) is 7.11. The van der Waals surface area contributed by atoms with E-state index in [0.717, 1.165) is 25.7 Å². The Morgan fingerprint density at radius 2 is 1.95 bits per heavy atom. The van der Waals surface area contributed by atoms with Gasteiger partial charge in [-0.1, -0.05) is 22.0 Å². The zero-order valence-electron chi connectivity index (χ0n) is 12.0. The van der Waals surface area contributed by atoms with Crippen molar-refractivity contribution in [3.63, 3.8) is 0 Å². The SMILES string of the molecule is CC(CN1CCCC1)NCc1ccc(Br)cc1C(F)(F)F. The Morgan fingerprint density at radius 3 is 2.57 bits per heavy atom. The topological polar surface area (TPSA) is 15.3 Å². The first-order chi connectivity index (χ1) is 9.86. The first kappa shape index (κ1) is 16.8. The van der Waals surface area contributed by atoms with Gasteiger partial charge in [-0.15, -0.1) is 0 Å². The third-order valence-electron chi connectivity index (χ3n) is 3.75. The molecule has 2 rings (SSSR count). The lowest BCUT2D eigenvalue weighted by Gasteiger charge is -2.22. The summed E-state index contributed by atoms with van der Waals surface area (Å²) in [6.07, 6.45) is -1.88. The molecule has 0 aromatic heterocycles. The molecule has 1 fully saturated rings. The summed E-state index contributed by atoms with van der Waals surface area (Å²) in [4.78, 5) is 2.35. The first-order valence-corrected chi connectivity index (χ1v) is 7.97. The third-order valence-corrected chi connectivity index (χ3v) is 4.24. The molecule has 2 nitrogen and oxygen atoms in total. The van der Waals surface area contributed by atoms with Gasteiger partial charge in [0.25, 0.3) is 0 Å². The highest BCUT2D eigenvalue weighted by Gasteiger charge is 2.33. The Hall–Kier alpha value is -0.590. The van der Waals surface area contributed by atoms with Gasteiger partial charge >= 0.3 is 6.18 Å². The van der Waals surface area contributed by atoms with Gasteiger partial charge in [0.2, 0.25) is 0 Å². The zero-order valence-corrected chi connectivity index (χ0v) is 13.6. The molecule has 118 valence electrons. The van der Waals surface area contributed by atoms with Gasteiger partial charge in [-0.3, -0.25) is 0 Å². The number of hydrogen-bond donors (Lipinski definition) is 1. The van der Waals surface area contributed by atoms with Crippen molar-refractivity contribution in [1.29, 1.82) is 0 Å². The van der Waals surface area contributed by atoms with Crippen LogP contribution in [0.2, 0.25) is 0 Å². The molecule has 1 atom stereocenters. The van der Waals surface area contributed by atoms with Gasteiger partial charge in [0.1, 0.15) is 0 Å². The molecule has 0 radical (unpaired) electrons. The fourth-order valence-electron chi connectivity index (χ4n) is 2.67. The number of nitrogens with zero attached hydrogens (tertiary/aromatic N) is 1. The fourth-order valence-corrected chi connectivity index (χ4v) is 3.03. The Labute approximate surface area is 131 Å². The van der Waals surface area contributed by atoms with Crippen molar-refractivity contribution in [1.82, 2.24) is 10.2 Å². The Kier molecular flexibility index (Phi) is 5.68. The quantitative estimate of drug-likeness (QED) is 0.847. The molecule has 1 aliphatic rings. The van der Waals surface area contributed by atoms with Crippen molar-refractivity contribution < 1.29 is 13.2 Å². The molecule has 1 aromatic carbocycles. The number of likely N-dealkylation sites (tertiary alicyclic amines) is 1. The van der Waals surface area contributed by atoms with Gasteiger partial charge in [-0.2, -0.15) is 13.2 Å². The van der Waals surface area contributed by atoms with Crippen LogP contribution in [0.25, 0.3) is 0 Å². The molecule has 0 amide bonds. The molecular formula is C15H20BrF3N2. The van der Waals surface area contributed by atoms with Crippen molar-refractivity contribution in [3.8, 4) is 0 Å². The molecule has 1 heterocycles. The Balaban J connectivity index is 1.96. The molecule has 1 unspecified atom stereocenters. The highest BCUT2D eigenvalue weighted by atomic mass is 79.9. The van der Waals surface area contributed by atoms with E-state index in [-0.39, 0.29) is 12.6 Å². The molecule has 1 aliphatic heterocycles. The number of benzene rings is 1. The van der Waals surface area contributed by atoms with Crippen molar-refractivity contribution in [2.75, 3.05) is 19.6 Å². The van der Waals surface area contributed by atoms with Gasteiger partial charge in [0, 0.05) is 23.6 Å². The molecule has 1 saturated heterocycles. The van der Waals surface area contributed by atoms with Crippen LogP contribution in [-0.4, -0.2) is 30.6 Å². The van der Waals surface area contributed by atoms with E-state index in [1.54, 1.807) is 6.07 Å². The Bertz CT molecular complexity index is 470. The lowest BCUT2D eigenvalue weighted by molar-refractivity contribution is -0.138. The van der Waals surface area contributed by atoms with Crippen LogP contribution in [0.15, 0.2) is 22.7 Å². The summed E-state index contributed by atoms with van der Waals surface area (Å²) in [5.74, 6) is 0. The molecule has 0 aliphatic carbocycles. The molecular weight excluding hydrogens is 345 g/mol. The molecule has 0 bridgehead atoms. The predicted octanol–water partition coefficient (Wildman–Crippen LogP) is 4.04. The van der Waals surface area contributed by atoms with Crippen LogP contribution in [0, 0.1) is 0 Å². The van der Waals surface area contributed by atoms with E-state index >= 15 is 0 Å². The van der Waals surface area contributed by atoms with Crippen LogP contribution in [0.4, 0.5) is 13.2 Å². The lowest BCUT2D eigenvalue weighted by atomic mass is 10.1. The average Bonchev–Trinajstić information content (AvgIpc) is 2.89. The normalized spacial score (nSPS) is 18.1. The second-order valence-electron chi connectivity index (χ2n) is 5.59. The van der Waals surface area contributed by atoms with Crippen molar-refractivity contribution >= 4 is 15.9 Å². The van der Waals surface area contributed by atoms with Gasteiger partial charge < -0.3 is 10.2 Å². The summed E-state index contributed by atoms with van der Waals surface area (Å²) in [6.45, 7) is 5.33. The number of rotatable bonds is 5. The molecule has 21 heavy (non-hydrogen) atoms. The summed E-state index contributed by atoms with van der Waals surface area (Å²) in [5, 5.41) is 3.20. The van der Waals surface area contributed by atoms with E-state index in [2.05, 4.69) is 26.1 Å². The summed E-state index contributed by atoms with van der Waals surface area (Å²) < 4.78 is 39.5. The maximum absolute atomic E-state index is 13.0. The summed E-state index contributed by atoms with van der Waals surface area (Å²) in [6, 6.07) is 4.50. The lowest BCUT2D eigenvalue weighted by Crippen LogP contribution is -2.37. The zero-order chi connectivity index (χ0) is 15.5. The number of hydrogen-bond acceptors (Lipinski definition) is 2. The minimum Gasteiger partial charge on any atom is -0.309 e. The first-order valence-electron chi connectivity index (χ1n) is 7.17. The average molecular weight is 365 g/mol. The predicted molar refractivity (Wildman–Crippen MR) is 81.1 cm³/mol. The summed E-state index contributed by atoms with van der Waals surface area (Å²) in [5.41, 5.74) is -0.281. The third kappa shape index (κ3) is 4.97. The minimum absolute atomic E-state index is 0.174. The minimum atomic E-state index is -4.32. The van der Waals surface area contributed by atoms with E-state index in [1.165, 1.54) is 18.9 Å². The highest BCUT2D eigenvalue weighted by molar-refractivity contribution is 9.10. The maximum atomic E-state index is 13.0. The van der Waals surface area contributed by atoms with Crippen molar-refractivity contribution in [2.24, 2.45) is 0 Å². The molecule has 0 spiro atoms. The fraction of sp³-hybridized carbons (Fsp3) is 0.600. The van der Waals surface area contributed by atoms with Crippen LogP contribution in [0.1, 0.15) is 30.9 Å². The van der Waals surface area contributed by atoms with Gasteiger partial charge in [0.05, 0.1) is 5.56 Å². The van der Waals surface area contributed by atoms with Crippen LogP contribution < -0.4 is 5.32 Å². The van der Waals surface area contributed by atoms with Gasteiger partial charge in [-0.05, 0) is 50.6 Å². The molecule has 6 heteroatoms. The van der Waals surface area contributed by atoms with E-state index in [0.29, 0.717) is 10.0 Å². The standard InChI is InChI=1S/C15H20BrF3N2/c1-11(10-21-6-2-3-7-21)20-9-12-4-5-13(16)8-14(12)15(17,18)19/h4-5,8,11,20H,2-3,6-7,9-10H2,1H3. The van der Waals surface area contributed by atoms with E-state index in [9.17, 15) is 13.2 Å². The number of nitrogens with one attached hydrogen (secondary N) is 1. The van der Waals surface area contributed by atoms with E-state index in [4.69, 9.17) is 0 Å². The van der Waals surface area contributed by atoms with E-state index < -0.39 is 11.7 Å². The van der Waals surface area contributed by atoms with Gasteiger partial charge in [0.15, 0.2) is 0 Å². The summed E-state index contributed by atoms with van der Waals surface area (Å²) in [7, 11) is 0. The van der Waals surface area contributed by atoms with Gasteiger partial charge in [-0.25, -0.2) is 0 Å². The van der Waals surface area contributed by atoms with Crippen LogP contribution >= 0.6 is 15.9 Å². The van der Waals surface area contributed by atoms with Crippen LogP contribution in [0.3, 0.4) is 0 Å². The van der Waals surface area contributed by atoms with Crippen LogP contribution in [-0.2, 0) is 12.7 Å². The number of alkyl halides is 3. The Morgan fingerprint density at radius 1 is 1.29 bits per heavy atom. The number of halogens is 4. The van der Waals surface area contributed by atoms with Crippen molar-refractivity contribution in [2.45, 2.75) is 38.5 Å². The van der Waals surface area contributed by atoms with Crippen molar-refractivity contribution in [3.05, 3.63) is 33.8 Å². The second-order valence-corrected chi connectivity index (χ2v) is 6.50. The maximum Gasteiger partial charge on any atom is 0.416 e. The summed E-state index contributed by atoms with van der Waals surface area (Å²) >= 11 is 3.10. The highest BCUT2D eigenvalue weighted by Crippen LogP contribution is 2.33. The largest absolute Gasteiger partial charge is 0.416 e. The monoisotopic (exact) mass is 364 g/mol. The van der Waals surface area contributed by atoms with Crippen LogP contribution in [0.5, 0.6) is 0 Å². The molecule has 1 N–H and O–H groups in total. The smallest absolute Gasteiger partial charge is 0.309 e. The molecule has 1 aromatic rings. The van der Waals surface area contributed by atoms with E-state index in [1.807, 2.05) is 6.92 Å². The molecule has 0 saturated carbocycles.